The third kappa shape index (κ3) is 2.97. The summed E-state index contributed by atoms with van der Waals surface area (Å²) in [6.45, 7) is 4.75. The minimum absolute atomic E-state index is 0.0501. The quantitative estimate of drug-likeness (QED) is 0.766. The molecule has 0 fully saturated rings. The predicted molar refractivity (Wildman–Crippen MR) is 89.7 cm³/mol. The first-order valence-electron chi connectivity index (χ1n) is 7.41. The minimum Gasteiger partial charge on any atom is -0.475 e. The standard InChI is InChI=1S/C17H15ClFN3O2/c1-9(2)7-22-8-12(10-3-4-13(18)14(19)5-10)11-6-20-15(17(23)24)21-16(11)22/h3-6,8-9H,7H2,1-2H3,(H,23,24). The van der Waals surface area contributed by atoms with Crippen LogP contribution >= 0.6 is 11.6 Å². The van der Waals surface area contributed by atoms with Crippen molar-refractivity contribution < 1.29 is 14.3 Å². The molecular formula is C17H15ClFN3O2. The summed E-state index contributed by atoms with van der Waals surface area (Å²) in [5, 5.41) is 9.83. The average molecular weight is 348 g/mol. The van der Waals surface area contributed by atoms with Crippen molar-refractivity contribution in [3.8, 4) is 11.1 Å². The van der Waals surface area contributed by atoms with Crippen LogP contribution in [0, 0.1) is 11.7 Å². The summed E-state index contributed by atoms with van der Waals surface area (Å²) in [7, 11) is 0. The van der Waals surface area contributed by atoms with E-state index < -0.39 is 11.8 Å². The maximum absolute atomic E-state index is 13.8. The second-order valence-electron chi connectivity index (χ2n) is 5.95. The van der Waals surface area contributed by atoms with Gasteiger partial charge in [0, 0.05) is 29.9 Å². The zero-order valence-corrected chi connectivity index (χ0v) is 13.9. The molecular weight excluding hydrogens is 333 g/mol. The Hall–Kier alpha value is -2.47. The van der Waals surface area contributed by atoms with Crippen molar-refractivity contribution in [1.29, 1.82) is 0 Å². The Morgan fingerprint density at radius 1 is 1.42 bits per heavy atom. The number of benzene rings is 1. The van der Waals surface area contributed by atoms with E-state index in [1.807, 2.05) is 24.6 Å². The summed E-state index contributed by atoms with van der Waals surface area (Å²) in [5.41, 5.74) is 1.88. The van der Waals surface area contributed by atoms with Crippen LogP contribution in [0.2, 0.25) is 5.02 Å². The average Bonchev–Trinajstić information content (AvgIpc) is 2.87. The molecule has 0 amide bonds. The van der Waals surface area contributed by atoms with Crippen molar-refractivity contribution >= 4 is 28.6 Å². The highest BCUT2D eigenvalue weighted by atomic mass is 35.5. The van der Waals surface area contributed by atoms with Gasteiger partial charge in [0.15, 0.2) is 0 Å². The van der Waals surface area contributed by atoms with E-state index >= 15 is 0 Å². The van der Waals surface area contributed by atoms with Gasteiger partial charge >= 0.3 is 5.97 Å². The van der Waals surface area contributed by atoms with Crippen molar-refractivity contribution in [3.63, 3.8) is 0 Å². The van der Waals surface area contributed by atoms with E-state index in [4.69, 9.17) is 16.7 Å². The molecule has 1 N–H and O–H groups in total. The highest BCUT2D eigenvalue weighted by Crippen LogP contribution is 2.31. The smallest absolute Gasteiger partial charge is 0.374 e. The van der Waals surface area contributed by atoms with E-state index in [-0.39, 0.29) is 10.8 Å². The SMILES string of the molecule is CC(C)Cn1cc(-c2ccc(Cl)c(F)c2)c2cnc(C(=O)O)nc21. The van der Waals surface area contributed by atoms with Gasteiger partial charge in [0.1, 0.15) is 11.5 Å². The van der Waals surface area contributed by atoms with E-state index in [0.717, 1.165) is 5.56 Å². The van der Waals surface area contributed by atoms with Gasteiger partial charge in [0.25, 0.3) is 0 Å². The first-order valence-corrected chi connectivity index (χ1v) is 7.79. The van der Waals surface area contributed by atoms with Gasteiger partial charge in [-0.3, -0.25) is 0 Å². The number of aromatic carboxylic acids is 1. The van der Waals surface area contributed by atoms with Crippen LogP contribution in [0.5, 0.6) is 0 Å². The lowest BCUT2D eigenvalue weighted by molar-refractivity contribution is 0.0684. The molecule has 3 aromatic rings. The number of hydrogen-bond donors (Lipinski definition) is 1. The van der Waals surface area contributed by atoms with Gasteiger partial charge in [-0.15, -0.1) is 0 Å². The van der Waals surface area contributed by atoms with Crippen LogP contribution in [0.15, 0.2) is 30.6 Å². The number of hydrogen-bond acceptors (Lipinski definition) is 3. The molecule has 1 aromatic carbocycles. The number of fused-ring (bicyclic) bond motifs is 1. The molecule has 0 atom stereocenters. The summed E-state index contributed by atoms with van der Waals surface area (Å²) < 4.78 is 15.7. The van der Waals surface area contributed by atoms with E-state index in [2.05, 4.69) is 9.97 Å². The van der Waals surface area contributed by atoms with Crippen LogP contribution in [-0.4, -0.2) is 25.6 Å². The molecule has 0 radical (unpaired) electrons. The van der Waals surface area contributed by atoms with E-state index in [0.29, 0.717) is 29.1 Å². The molecule has 24 heavy (non-hydrogen) atoms. The molecule has 0 saturated carbocycles. The summed E-state index contributed by atoms with van der Waals surface area (Å²) >= 11 is 5.75. The Balaban J connectivity index is 2.24. The molecule has 0 spiro atoms. The zero-order chi connectivity index (χ0) is 17.4. The second-order valence-corrected chi connectivity index (χ2v) is 6.36. The normalized spacial score (nSPS) is 11.4. The Morgan fingerprint density at radius 3 is 2.79 bits per heavy atom. The fraction of sp³-hybridized carbons (Fsp3) is 0.235. The van der Waals surface area contributed by atoms with E-state index in [1.54, 1.807) is 6.07 Å². The Bertz CT molecular complexity index is 937. The maximum atomic E-state index is 13.8. The van der Waals surface area contributed by atoms with Gasteiger partial charge in [-0.2, -0.15) is 0 Å². The topological polar surface area (TPSA) is 68.0 Å². The molecule has 124 valence electrons. The number of halogens is 2. The van der Waals surface area contributed by atoms with Gasteiger partial charge in [0.2, 0.25) is 5.82 Å². The first-order chi connectivity index (χ1) is 11.4. The van der Waals surface area contributed by atoms with Crippen LogP contribution in [0.3, 0.4) is 0 Å². The Labute approximate surface area is 142 Å². The third-order valence-corrected chi connectivity index (χ3v) is 3.91. The molecule has 0 aliphatic carbocycles. The lowest BCUT2D eigenvalue weighted by Gasteiger charge is -2.07. The highest BCUT2D eigenvalue weighted by Gasteiger charge is 2.17. The largest absolute Gasteiger partial charge is 0.475 e. The fourth-order valence-corrected chi connectivity index (χ4v) is 2.72. The summed E-state index contributed by atoms with van der Waals surface area (Å²) in [6, 6.07) is 4.55. The number of nitrogens with zero attached hydrogens (tertiary/aromatic N) is 3. The molecule has 5 nitrogen and oxygen atoms in total. The van der Waals surface area contributed by atoms with Gasteiger partial charge < -0.3 is 9.67 Å². The number of aromatic nitrogens is 3. The molecule has 7 heteroatoms. The highest BCUT2D eigenvalue weighted by molar-refractivity contribution is 6.30. The van der Waals surface area contributed by atoms with Crippen LogP contribution < -0.4 is 0 Å². The molecule has 2 aromatic heterocycles. The van der Waals surface area contributed by atoms with Crippen LogP contribution in [0.4, 0.5) is 4.39 Å². The molecule has 0 aliphatic heterocycles. The van der Waals surface area contributed by atoms with Crippen LogP contribution in [0.1, 0.15) is 24.5 Å². The lowest BCUT2D eigenvalue weighted by atomic mass is 10.1. The minimum atomic E-state index is -1.19. The number of carboxylic acid groups (broad SMARTS) is 1. The number of rotatable bonds is 4. The van der Waals surface area contributed by atoms with Gasteiger partial charge in [-0.05, 0) is 23.6 Å². The molecule has 3 rings (SSSR count). The van der Waals surface area contributed by atoms with Gasteiger partial charge in [-0.1, -0.05) is 31.5 Å². The van der Waals surface area contributed by atoms with Crippen molar-refractivity contribution in [2.45, 2.75) is 20.4 Å². The van der Waals surface area contributed by atoms with Gasteiger partial charge in [0.05, 0.1) is 5.02 Å². The molecule has 0 bridgehead atoms. The van der Waals surface area contributed by atoms with Crippen molar-refractivity contribution in [2.24, 2.45) is 5.92 Å². The molecule has 0 unspecified atom stereocenters. The third-order valence-electron chi connectivity index (χ3n) is 3.60. The van der Waals surface area contributed by atoms with Crippen LogP contribution in [0.25, 0.3) is 22.2 Å². The second kappa shape index (κ2) is 6.20. The molecule has 0 aliphatic rings. The van der Waals surface area contributed by atoms with E-state index in [1.165, 1.54) is 18.3 Å². The number of carboxylic acids is 1. The fourth-order valence-electron chi connectivity index (χ4n) is 2.60. The summed E-state index contributed by atoms with van der Waals surface area (Å²) in [5.74, 6) is -1.63. The monoisotopic (exact) mass is 347 g/mol. The van der Waals surface area contributed by atoms with Crippen molar-refractivity contribution in [3.05, 3.63) is 47.3 Å². The van der Waals surface area contributed by atoms with Gasteiger partial charge in [-0.25, -0.2) is 19.2 Å². The van der Waals surface area contributed by atoms with Crippen molar-refractivity contribution in [1.82, 2.24) is 14.5 Å². The zero-order valence-electron chi connectivity index (χ0n) is 13.1. The van der Waals surface area contributed by atoms with Crippen molar-refractivity contribution in [2.75, 3.05) is 0 Å². The summed E-state index contributed by atoms with van der Waals surface area (Å²) in [6.07, 6.45) is 3.30. The van der Waals surface area contributed by atoms with Crippen LogP contribution in [-0.2, 0) is 6.54 Å². The molecule has 2 heterocycles. The Kier molecular flexibility index (Phi) is 4.24. The Morgan fingerprint density at radius 2 is 2.17 bits per heavy atom. The number of carbonyl (C=O) groups is 1. The summed E-state index contributed by atoms with van der Waals surface area (Å²) in [4.78, 5) is 19.2. The predicted octanol–water partition coefficient (Wildman–Crippen LogP) is 4.25. The lowest BCUT2D eigenvalue weighted by Crippen LogP contribution is -2.07. The van der Waals surface area contributed by atoms with E-state index in [9.17, 15) is 9.18 Å². The maximum Gasteiger partial charge on any atom is 0.374 e. The molecule has 0 saturated heterocycles. The first kappa shape index (κ1) is 16.4.